The predicted octanol–water partition coefficient (Wildman–Crippen LogP) is 1.25. The van der Waals surface area contributed by atoms with Crippen LogP contribution in [0.3, 0.4) is 0 Å². The lowest BCUT2D eigenvalue weighted by molar-refractivity contribution is 0.0950. The molecule has 0 radical (unpaired) electrons. The van der Waals surface area contributed by atoms with Crippen LogP contribution in [-0.4, -0.2) is 24.2 Å². The topological polar surface area (TPSA) is 49.3 Å². The van der Waals surface area contributed by atoms with Crippen LogP contribution in [0, 0.1) is 12.7 Å². The smallest absolute Gasteiger partial charge is 0.251 e. The Balaban J connectivity index is 2.65. The molecule has 2 N–H and O–H groups in total. The minimum atomic E-state index is -0.348. The number of nitrogens with one attached hydrogen (secondary N) is 1. The molecular formula is C11H14FNO2. The highest BCUT2D eigenvalue weighted by Gasteiger charge is 2.08. The Morgan fingerprint density at radius 3 is 2.87 bits per heavy atom. The number of aryl methyl sites for hydroxylation is 1. The molecular weight excluding hydrogens is 197 g/mol. The maximum Gasteiger partial charge on any atom is 0.251 e. The lowest BCUT2D eigenvalue weighted by Crippen LogP contribution is -2.25. The SMILES string of the molecule is Cc1cc(F)ccc1C(=O)NCCCO. The summed E-state index contributed by atoms with van der Waals surface area (Å²) in [7, 11) is 0. The number of benzene rings is 1. The van der Waals surface area contributed by atoms with E-state index in [1.807, 2.05) is 0 Å². The van der Waals surface area contributed by atoms with E-state index < -0.39 is 0 Å². The van der Waals surface area contributed by atoms with Gasteiger partial charge in [-0.3, -0.25) is 4.79 Å². The highest BCUT2D eigenvalue weighted by atomic mass is 19.1. The van der Waals surface area contributed by atoms with Crippen LogP contribution in [0.2, 0.25) is 0 Å². The number of halogens is 1. The monoisotopic (exact) mass is 211 g/mol. The van der Waals surface area contributed by atoms with Crippen LogP contribution in [0.25, 0.3) is 0 Å². The molecule has 0 aliphatic heterocycles. The van der Waals surface area contributed by atoms with Crippen molar-refractivity contribution in [3.05, 3.63) is 35.1 Å². The van der Waals surface area contributed by atoms with E-state index in [4.69, 9.17) is 5.11 Å². The maximum atomic E-state index is 12.8. The number of carbonyl (C=O) groups excluding carboxylic acids is 1. The molecule has 0 fully saturated rings. The van der Waals surface area contributed by atoms with Gasteiger partial charge in [0.2, 0.25) is 0 Å². The van der Waals surface area contributed by atoms with Crippen molar-refractivity contribution < 1.29 is 14.3 Å². The lowest BCUT2D eigenvalue weighted by atomic mass is 10.1. The standard InChI is InChI=1S/C11H14FNO2/c1-8-7-9(12)3-4-10(8)11(15)13-5-2-6-14/h3-4,7,14H,2,5-6H2,1H3,(H,13,15). The molecule has 0 saturated heterocycles. The van der Waals surface area contributed by atoms with Gasteiger partial charge >= 0.3 is 0 Å². The van der Waals surface area contributed by atoms with Gasteiger partial charge in [-0.05, 0) is 37.1 Å². The van der Waals surface area contributed by atoms with E-state index in [1.54, 1.807) is 6.92 Å². The Morgan fingerprint density at radius 2 is 2.27 bits per heavy atom. The first-order valence-electron chi connectivity index (χ1n) is 4.80. The minimum Gasteiger partial charge on any atom is -0.396 e. The van der Waals surface area contributed by atoms with Crippen molar-refractivity contribution in [2.24, 2.45) is 0 Å². The third kappa shape index (κ3) is 3.32. The normalized spacial score (nSPS) is 10.1. The minimum absolute atomic E-state index is 0.0443. The molecule has 1 aromatic rings. The van der Waals surface area contributed by atoms with E-state index >= 15 is 0 Å². The van der Waals surface area contributed by atoms with Gasteiger partial charge in [-0.2, -0.15) is 0 Å². The second-order valence-electron chi connectivity index (χ2n) is 3.29. The number of amides is 1. The van der Waals surface area contributed by atoms with Gasteiger partial charge in [-0.15, -0.1) is 0 Å². The summed E-state index contributed by atoms with van der Waals surface area (Å²) in [5.74, 6) is -0.583. The third-order valence-corrected chi connectivity index (χ3v) is 2.05. The largest absolute Gasteiger partial charge is 0.396 e. The van der Waals surface area contributed by atoms with Crippen molar-refractivity contribution in [2.45, 2.75) is 13.3 Å². The Kier molecular flexibility index (Phi) is 4.24. The first kappa shape index (κ1) is 11.7. The average molecular weight is 211 g/mol. The second kappa shape index (κ2) is 5.46. The molecule has 0 bridgehead atoms. The van der Waals surface area contributed by atoms with Crippen LogP contribution in [0.1, 0.15) is 22.3 Å². The van der Waals surface area contributed by atoms with Gasteiger partial charge in [-0.1, -0.05) is 0 Å². The Hall–Kier alpha value is -1.42. The second-order valence-corrected chi connectivity index (χ2v) is 3.29. The van der Waals surface area contributed by atoms with E-state index in [0.29, 0.717) is 24.1 Å². The molecule has 3 nitrogen and oxygen atoms in total. The van der Waals surface area contributed by atoms with Gasteiger partial charge in [0.05, 0.1) is 0 Å². The molecule has 1 rings (SSSR count). The number of rotatable bonds is 4. The van der Waals surface area contributed by atoms with Crippen molar-refractivity contribution in [3.63, 3.8) is 0 Å². The lowest BCUT2D eigenvalue weighted by Gasteiger charge is -2.06. The van der Waals surface area contributed by atoms with Crippen LogP contribution in [0.5, 0.6) is 0 Å². The number of hydrogen-bond acceptors (Lipinski definition) is 2. The first-order chi connectivity index (χ1) is 7.15. The van der Waals surface area contributed by atoms with Crippen LogP contribution < -0.4 is 5.32 Å². The van der Waals surface area contributed by atoms with E-state index in [0.717, 1.165) is 0 Å². The Bertz CT molecular complexity index is 352. The summed E-state index contributed by atoms with van der Waals surface area (Å²) >= 11 is 0. The van der Waals surface area contributed by atoms with Crippen molar-refractivity contribution >= 4 is 5.91 Å². The molecule has 0 aliphatic carbocycles. The van der Waals surface area contributed by atoms with E-state index in [1.165, 1.54) is 18.2 Å². The number of hydrogen-bond donors (Lipinski definition) is 2. The number of aliphatic hydroxyl groups is 1. The molecule has 0 spiro atoms. The zero-order chi connectivity index (χ0) is 11.3. The van der Waals surface area contributed by atoms with Crippen LogP contribution >= 0.6 is 0 Å². The zero-order valence-electron chi connectivity index (χ0n) is 8.59. The third-order valence-electron chi connectivity index (χ3n) is 2.05. The molecule has 0 heterocycles. The fraction of sp³-hybridized carbons (Fsp3) is 0.364. The van der Waals surface area contributed by atoms with Crippen LogP contribution in [-0.2, 0) is 0 Å². The average Bonchev–Trinajstić information content (AvgIpc) is 2.17. The van der Waals surface area contributed by atoms with E-state index in [9.17, 15) is 9.18 Å². The summed E-state index contributed by atoms with van der Waals surface area (Å²) in [6.07, 6.45) is 0.520. The molecule has 4 heteroatoms. The van der Waals surface area contributed by atoms with Gasteiger partial charge in [0.1, 0.15) is 5.82 Å². The molecule has 15 heavy (non-hydrogen) atoms. The van der Waals surface area contributed by atoms with Crippen molar-refractivity contribution in [1.82, 2.24) is 5.32 Å². The van der Waals surface area contributed by atoms with Gasteiger partial charge in [0.15, 0.2) is 0 Å². The highest BCUT2D eigenvalue weighted by molar-refractivity contribution is 5.95. The Morgan fingerprint density at radius 1 is 1.53 bits per heavy atom. The van der Waals surface area contributed by atoms with E-state index in [-0.39, 0.29) is 18.3 Å². The van der Waals surface area contributed by atoms with Gasteiger partial charge < -0.3 is 10.4 Å². The summed E-state index contributed by atoms with van der Waals surface area (Å²) in [6.45, 7) is 2.15. The molecule has 0 unspecified atom stereocenters. The van der Waals surface area contributed by atoms with Gasteiger partial charge in [0, 0.05) is 18.7 Å². The summed E-state index contributed by atoms with van der Waals surface area (Å²) < 4.78 is 12.8. The summed E-state index contributed by atoms with van der Waals surface area (Å²) in [5, 5.41) is 11.2. The molecule has 0 aromatic heterocycles. The first-order valence-corrected chi connectivity index (χ1v) is 4.80. The molecule has 0 saturated carbocycles. The Labute approximate surface area is 87.9 Å². The fourth-order valence-corrected chi connectivity index (χ4v) is 1.26. The van der Waals surface area contributed by atoms with Gasteiger partial charge in [-0.25, -0.2) is 4.39 Å². The molecule has 0 atom stereocenters. The van der Waals surface area contributed by atoms with Crippen LogP contribution in [0.4, 0.5) is 4.39 Å². The fourth-order valence-electron chi connectivity index (χ4n) is 1.26. The molecule has 1 amide bonds. The highest BCUT2D eigenvalue weighted by Crippen LogP contribution is 2.09. The van der Waals surface area contributed by atoms with E-state index in [2.05, 4.69) is 5.32 Å². The van der Waals surface area contributed by atoms with Gasteiger partial charge in [0.25, 0.3) is 5.91 Å². The van der Waals surface area contributed by atoms with Crippen molar-refractivity contribution in [2.75, 3.05) is 13.2 Å². The quantitative estimate of drug-likeness (QED) is 0.736. The maximum absolute atomic E-state index is 12.8. The molecule has 82 valence electrons. The zero-order valence-corrected chi connectivity index (χ0v) is 8.59. The summed E-state index contributed by atoms with van der Waals surface area (Å²) in [4.78, 5) is 11.5. The number of carbonyl (C=O) groups is 1. The number of aliphatic hydroxyl groups excluding tert-OH is 1. The van der Waals surface area contributed by atoms with Crippen molar-refractivity contribution in [3.8, 4) is 0 Å². The molecule has 1 aromatic carbocycles. The summed E-state index contributed by atoms with van der Waals surface area (Å²) in [5.41, 5.74) is 1.07. The molecule has 0 aliphatic rings. The van der Waals surface area contributed by atoms with Crippen LogP contribution in [0.15, 0.2) is 18.2 Å². The summed E-state index contributed by atoms with van der Waals surface area (Å²) in [6, 6.07) is 4.04. The predicted molar refractivity (Wildman–Crippen MR) is 55.2 cm³/mol. The van der Waals surface area contributed by atoms with Crippen molar-refractivity contribution in [1.29, 1.82) is 0 Å².